The van der Waals surface area contributed by atoms with Crippen molar-refractivity contribution in [2.45, 2.75) is 20.8 Å². The lowest BCUT2D eigenvalue weighted by Crippen LogP contribution is -2.21. The highest BCUT2D eigenvalue weighted by Crippen LogP contribution is 2.35. The lowest BCUT2D eigenvalue weighted by Gasteiger charge is -2.20. The summed E-state index contributed by atoms with van der Waals surface area (Å²) < 4.78 is 0. The second-order valence-electron chi connectivity index (χ2n) is 7.94. The molecule has 3 nitrogen and oxygen atoms in total. The number of pyridine rings is 1. The van der Waals surface area contributed by atoms with Crippen molar-refractivity contribution in [1.29, 1.82) is 0 Å². The third kappa shape index (κ3) is 4.84. The van der Waals surface area contributed by atoms with Crippen LogP contribution in [-0.2, 0) is 0 Å². The van der Waals surface area contributed by atoms with E-state index in [0.29, 0.717) is 16.3 Å². The van der Waals surface area contributed by atoms with Crippen LogP contribution in [0.2, 0.25) is 5.02 Å². The first-order valence-electron chi connectivity index (χ1n) is 11.2. The van der Waals surface area contributed by atoms with Crippen LogP contribution in [0.1, 0.15) is 35.5 Å². The molecule has 166 valence electrons. The van der Waals surface area contributed by atoms with E-state index in [1.165, 1.54) is 5.69 Å². The Balaban J connectivity index is 1.76. The number of rotatable bonds is 7. The quantitative estimate of drug-likeness (QED) is 0.213. The van der Waals surface area contributed by atoms with E-state index in [1.54, 1.807) is 6.08 Å². The normalized spacial score (nSPS) is 11.3. The van der Waals surface area contributed by atoms with Gasteiger partial charge in [0.1, 0.15) is 0 Å². The summed E-state index contributed by atoms with van der Waals surface area (Å²) in [5, 5.41) is 1.49. The van der Waals surface area contributed by atoms with Crippen LogP contribution >= 0.6 is 11.6 Å². The van der Waals surface area contributed by atoms with Gasteiger partial charge in [0.15, 0.2) is 5.78 Å². The minimum Gasteiger partial charge on any atom is -0.372 e. The first kappa shape index (κ1) is 22.8. The van der Waals surface area contributed by atoms with Gasteiger partial charge < -0.3 is 4.90 Å². The third-order valence-corrected chi connectivity index (χ3v) is 6.12. The molecule has 4 rings (SSSR count). The molecule has 0 saturated heterocycles. The number of hydrogen-bond donors (Lipinski definition) is 0. The maximum Gasteiger partial charge on any atom is 0.188 e. The Bertz CT molecular complexity index is 1310. The van der Waals surface area contributed by atoms with Crippen molar-refractivity contribution in [3.63, 3.8) is 0 Å². The molecular weight excluding hydrogens is 428 g/mol. The lowest BCUT2D eigenvalue weighted by atomic mass is 9.92. The highest BCUT2D eigenvalue weighted by molar-refractivity contribution is 6.31. The van der Waals surface area contributed by atoms with Crippen LogP contribution in [-0.4, -0.2) is 23.9 Å². The average molecular weight is 455 g/mol. The minimum absolute atomic E-state index is 0.0754. The number of allylic oxidation sites excluding steroid dienone is 1. The van der Waals surface area contributed by atoms with E-state index < -0.39 is 0 Å². The highest BCUT2D eigenvalue weighted by atomic mass is 35.5. The van der Waals surface area contributed by atoms with Crippen LogP contribution in [0.25, 0.3) is 28.1 Å². The average Bonchev–Trinajstić information content (AvgIpc) is 2.84. The van der Waals surface area contributed by atoms with Gasteiger partial charge in [-0.15, -0.1) is 0 Å². The van der Waals surface area contributed by atoms with Gasteiger partial charge in [0, 0.05) is 40.4 Å². The second-order valence-corrected chi connectivity index (χ2v) is 8.37. The number of fused-ring (bicyclic) bond motifs is 1. The molecule has 0 spiro atoms. The van der Waals surface area contributed by atoms with Gasteiger partial charge in [-0.25, -0.2) is 0 Å². The Morgan fingerprint density at radius 2 is 1.67 bits per heavy atom. The van der Waals surface area contributed by atoms with Crippen LogP contribution in [0.3, 0.4) is 0 Å². The zero-order valence-corrected chi connectivity index (χ0v) is 19.9. The fourth-order valence-electron chi connectivity index (χ4n) is 4.20. The minimum atomic E-state index is -0.0754. The topological polar surface area (TPSA) is 33.2 Å². The molecule has 0 radical (unpaired) electrons. The summed E-state index contributed by atoms with van der Waals surface area (Å²) in [6.07, 6.45) is 3.50. The number of hydrogen-bond acceptors (Lipinski definition) is 3. The summed E-state index contributed by atoms with van der Waals surface area (Å²) >= 11 is 6.32. The SMILES string of the molecule is CCN(CC)c1ccc(/C=C\C(=O)c2c(C)nc3ccc(Cl)cc3c2-c2ccccc2)cc1. The Kier molecular flexibility index (Phi) is 6.90. The van der Waals surface area contributed by atoms with Crippen molar-refractivity contribution >= 4 is 40.1 Å². The number of aromatic nitrogens is 1. The first-order valence-corrected chi connectivity index (χ1v) is 11.6. The predicted molar refractivity (Wildman–Crippen MR) is 140 cm³/mol. The van der Waals surface area contributed by atoms with Gasteiger partial charge >= 0.3 is 0 Å². The van der Waals surface area contributed by atoms with Crippen LogP contribution in [0, 0.1) is 6.92 Å². The van der Waals surface area contributed by atoms with Crippen molar-refractivity contribution in [3.05, 3.63) is 101 Å². The zero-order chi connectivity index (χ0) is 23.4. The van der Waals surface area contributed by atoms with Crippen molar-refractivity contribution < 1.29 is 4.79 Å². The van der Waals surface area contributed by atoms with Crippen LogP contribution in [0.4, 0.5) is 5.69 Å². The highest BCUT2D eigenvalue weighted by Gasteiger charge is 2.19. The Morgan fingerprint density at radius 1 is 0.970 bits per heavy atom. The summed E-state index contributed by atoms with van der Waals surface area (Å²) in [7, 11) is 0. The molecule has 4 aromatic rings. The fraction of sp³-hybridized carbons (Fsp3) is 0.172. The summed E-state index contributed by atoms with van der Waals surface area (Å²) in [4.78, 5) is 20.5. The molecule has 0 aliphatic carbocycles. The number of nitrogens with zero attached hydrogens (tertiary/aromatic N) is 2. The monoisotopic (exact) mass is 454 g/mol. The number of carbonyl (C=O) groups excluding carboxylic acids is 1. The van der Waals surface area contributed by atoms with Gasteiger partial charge in [-0.3, -0.25) is 9.78 Å². The third-order valence-electron chi connectivity index (χ3n) is 5.89. The van der Waals surface area contributed by atoms with Gasteiger partial charge in [-0.05, 0) is 68.3 Å². The Morgan fingerprint density at radius 3 is 2.33 bits per heavy atom. The molecule has 0 fully saturated rings. The molecule has 33 heavy (non-hydrogen) atoms. The molecule has 3 aromatic carbocycles. The Labute approximate surface area is 200 Å². The van der Waals surface area contributed by atoms with Gasteiger partial charge in [0.2, 0.25) is 0 Å². The van der Waals surface area contributed by atoms with E-state index in [1.807, 2.05) is 73.7 Å². The fourth-order valence-corrected chi connectivity index (χ4v) is 4.38. The van der Waals surface area contributed by atoms with E-state index in [-0.39, 0.29) is 5.78 Å². The van der Waals surface area contributed by atoms with Gasteiger partial charge in [0.05, 0.1) is 11.1 Å². The molecule has 4 heteroatoms. The van der Waals surface area contributed by atoms with E-state index in [9.17, 15) is 4.79 Å². The lowest BCUT2D eigenvalue weighted by molar-refractivity contribution is 0.104. The molecule has 0 N–H and O–H groups in total. The van der Waals surface area contributed by atoms with Crippen LogP contribution in [0.5, 0.6) is 0 Å². The molecule has 0 unspecified atom stereocenters. The molecule has 0 atom stereocenters. The predicted octanol–water partition coefficient (Wildman–Crippen LogP) is 7.61. The van der Waals surface area contributed by atoms with Crippen molar-refractivity contribution in [1.82, 2.24) is 4.98 Å². The maximum absolute atomic E-state index is 13.5. The molecule has 0 aliphatic heterocycles. The first-order chi connectivity index (χ1) is 16.0. The summed E-state index contributed by atoms with van der Waals surface area (Å²) in [5.74, 6) is -0.0754. The van der Waals surface area contributed by atoms with Crippen molar-refractivity contribution in [2.24, 2.45) is 0 Å². The molecule has 0 saturated carbocycles. The standard InChI is InChI=1S/C29H27ClN2O/c1-4-32(5-2)24-15-11-21(12-16-24)13-18-27(33)28-20(3)31-26-17-14-23(30)19-25(26)29(28)22-9-7-6-8-10-22/h6-19H,4-5H2,1-3H3/b18-13-. The molecule has 0 amide bonds. The molecule has 0 bridgehead atoms. The molecular formula is C29H27ClN2O. The van der Waals surface area contributed by atoms with Crippen LogP contribution < -0.4 is 4.90 Å². The van der Waals surface area contributed by atoms with Crippen LogP contribution in [0.15, 0.2) is 78.9 Å². The van der Waals surface area contributed by atoms with Crippen molar-refractivity contribution in [2.75, 3.05) is 18.0 Å². The summed E-state index contributed by atoms with van der Waals surface area (Å²) in [6.45, 7) is 8.11. The van der Waals surface area contributed by atoms with E-state index in [2.05, 4.69) is 30.9 Å². The Hall–Kier alpha value is -3.43. The molecule has 1 aromatic heterocycles. The number of halogens is 1. The van der Waals surface area contributed by atoms with Gasteiger partial charge in [-0.2, -0.15) is 0 Å². The van der Waals surface area contributed by atoms with Gasteiger partial charge in [-0.1, -0.05) is 60.1 Å². The summed E-state index contributed by atoms with van der Waals surface area (Å²) in [6, 6.07) is 23.8. The van der Waals surface area contributed by atoms with E-state index in [0.717, 1.165) is 40.7 Å². The second kappa shape index (κ2) is 10.0. The number of ketones is 1. The number of carbonyl (C=O) groups is 1. The number of anilines is 1. The smallest absolute Gasteiger partial charge is 0.188 e. The summed E-state index contributed by atoms with van der Waals surface area (Å²) in [5.41, 5.74) is 6.13. The molecule has 0 aliphatic rings. The number of benzene rings is 3. The van der Waals surface area contributed by atoms with Crippen molar-refractivity contribution in [3.8, 4) is 11.1 Å². The zero-order valence-electron chi connectivity index (χ0n) is 19.2. The van der Waals surface area contributed by atoms with E-state index >= 15 is 0 Å². The van der Waals surface area contributed by atoms with Gasteiger partial charge in [0.25, 0.3) is 0 Å². The van der Waals surface area contributed by atoms with E-state index in [4.69, 9.17) is 16.6 Å². The maximum atomic E-state index is 13.5. The largest absolute Gasteiger partial charge is 0.372 e. The number of aryl methyl sites for hydroxylation is 1. The molecule has 1 heterocycles.